The summed E-state index contributed by atoms with van der Waals surface area (Å²) in [6.07, 6.45) is 0. The predicted octanol–water partition coefficient (Wildman–Crippen LogP) is 4.13. The van der Waals surface area contributed by atoms with E-state index in [-0.39, 0.29) is 5.91 Å². The van der Waals surface area contributed by atoms with Crippen LogP contribution < -0.4 is 10.1 Å². The average Bonchev–Trinajstić information content (AvgIpc) is 2.52. The van der Waals surface area contributed by atoms with Gasteiger partial charge in [-0.3, -0.25) is 4.79 Å². The molecule has 0 saturated heterocycles. The molecule has 0 unspecified atom stereocenters. The molecule has 0 aliphatic carbocycles. The number of carbonyl (C=O) groups is 1. The highest BCUT2D eigenvalue weighted by atomic mass is 32.2. The lowest BCUT2D eigenvalue weighted by atomic mass is 10.1. The number of carbonyl (C=O) groups excluding carboxylic acids is 1. The summed E-state index contributed by atoms with van der Waals surface area (Å²) in [5.74, 6) is 0.724. The minimum absolute atomic E-state index is 0.0605. The number of para-hydroxylation sites is 1. The van der Waals surface area contributed by atoms with Crippen molar-refractivity contribution >= 4 is 17.7 Å². The Morgan fingerprint density at radius 3 is 2.55 bits per heavy atom. The number of hydrogen-bond acceptors (Lipinski definition) is 3. The topological polar surface area (TPSA) is 38.3 Å². The van der Waals surface area contributed by atoms with E-state index in [1.54, 1.807) is 18.9 Å². The molecule has 0 fully saturated rings. The second-order valence-electron chi connectivity index (χ2n) is 5.16. The van der Waals surface area contributed by atoms with Gasteiger partial charge >= 0.3 is 0 Å². The molecular formula is C18H21NO2S. The molecule has 116 valence electrons. The summed E-state index contributed by atoms with van der Waals surface area (Å²) in [4.78, 5) is 13.5. The van der Waals surface area contributed by atoms with Crippen LogP contribution >= 0.6 is 11.8 Å². The Kier molecular flexibility index (Phi) is 5.90. The summed E-state index contributed by atoms with van der Waals surface area (Å²) in [5, 5.41) is 3.40. The van der Waals surface area contributed by atoms with Gasteiger partial charge in [-0.15, -0.1) is 11.8 Å². The van der Waals surface area contributed by atoms with E-state index in [1.165, 1.54) is 0 Å². The van der Waals surface area contributed by atoms with Gasteiger partial charge < -0.3 is 10.1 Å². The van der Waals surface area contributed by atoms with E-state index >= 15 is 0 Å². The van der Waals surface area contributed by atoms with Crippen molar-refractivity contribution in [2.24, 2.45) is 0 Å². The number of hydrogen-bond donors (Lipinski definition) is 1. The molecule has 0 aliphatic heterocycles. The normalized spacial score (nSPS) is 10.5. The molecule has 1 amide bonds. The highest BCUT2D eigenvalue weighted by Gasteiger charge is 2.12. The van der Waals surface area contributed by atoms with Crippen molar-refractivity contribution in [3.63, 3.8) is 0 Å². The van der Waals surface area contributed by atoms with Crippen LogP contribution in [0.2, 0.25) is 0 Å². The Morgan fingerprint density at radius 2 is 1.82 bits per heavy atom. The fraction of sp³-hybridized carbons (Fsp3) is 0.278. The van der Waals surface area contributed by atoms with Crippen LogP contribution in [0.4, 0.5) is 0 Å². The van der Waals surface area contributed by atoms with E-state index in [2.05, 4.69) is 19.2 Å². The van der Waals surface area contributed by atoms with Crippen molar-refractivity contribution in [1.29, 1.82) is 0 Å². The molecule has 0 aromatic heterocycles. The maximum absolute atomic E-state index is 12.5. The van der Waals surface area contributed by atoms with Gasteiger partial charge in [0.05, 0.1) is 12.7 Å². The lowest BCUT2D eigenvalue weighted by Gasteiger charge is -2.12. The first-order chi connectivity index (χ1) is 10.6. The van der Waals surface area contributed by atoms with Gasteiger partial charge in [-0.2, -0.15) is 0 Å². The highest BCUT2D eigenvalue weighted by Crippen LogP contribution is 2.26. The molecule has 0 heterocycles. The zero-order valence-electron chi connectivity index (χ0n) is 13.1. The highest BCUT2D eigenvalue weighted by molar-refractivity contribution is 8.00. The zero-order valence-corrected chi connectivity index (χ0v) is 13.9. The van der Waals surface area contributed by atoms with Gasteiger partial charge in [0, 0.05) is 22.3 Å². The van der Waals surface area contributed by atoms with E-state index in [4.69, 9.17) is 4.74 Å². The number of nitrogens with one attached hydrogen (secondary N) is 1. The van der Waals surface area contributed by atoms with Gasteiger partial charge in [-0.25, -0.2) is 0 Å². The van der Waals surface area contributed by atoms with Crippen LogP contribution in [0.5, 0.6) is 5.75 Å². The maximum atomic E-state index is 12.5. The van der Waals surface area contributed by atoms with Crippen molar-refractivity contribution in [2.45, 2.75) is 30.5 Å². The van der Waals surface area contributed by atoms with Crippen LogP contribution in [0, 0.1) is 0 Å². The molecule has 3 nitrogen and oxygen atoms in total. The van der Waals surface area contributed by atoms with E-state index in [0.29, 0.717) is 11.8 Å². The first-order valence-corrected chi connectivity index (χ1v) is 8.15. The van der Waals surface area contributed by atoms with E-state index in [9.17, 15) is 4.79 Å². The summed E-state index contributed by atoms with van der Waals surface area (Å²) in [6.45, 7) is 4.69. The van der Waals surface area contributed by atoms with Gasteiger partial charge in [0.2, 0.25) is 0 Å². The monoisotopic (exact) mass is 315 g/mol. The molecule has 22 heavy (non-hydrogen) atoms. The van der Waals surface area contributed by atoms with Crippen LogP contribution in [-0.2, 0) is 6.54 Å². The first-order valence-electron chi connectivity index (χ1n) is 7.27. The molecule has 2 aromatic rings. The van der Waals surface area contributed by atoms with E-state index < -0.39 is 0 Å². The van der Waals surface area contributed by atoms with Crippen molar-refractivity contribution in [3.8, 4) is 5.75 Å². The second kappa shape index (κ2) is 7.90. The van der Waals surface area contributed by atoms with E-state index in [0.717, 1.165) is 21.8 Å². The van der Waals surface area contributed by atoms with Crippen LogP contribution in [-0.4, -0.2) is 18.3 Å². The Morgan fingerprint density at radius 1 is 1.14 bits per heavy atom. The number of benzene rings is 2. The van der Waals surface area contributed by atoms with Gasteiger partial charge in [0.25, 0.3) is 5.91 Å². The summed E-state index contributed by atoms with van der Waals surface area (Å²) in [6, 6.07) is 15.4. The second-order valence-corrected chi connectivity index (χ2v) is 6.78. The van der Waals surface area contributed by atoms with Crippen LogP contribution in [0.3, 0.4) is 0 Å². The third-order valence-corrected chi connectivity index (χ3v) is 4.21. The summed E-state index contributed by atoms with van der Waals surface area (Å²) < 4.78 is 5.30. The smallest absolute Gasteiger partial charge is 0.252 e. The Balaban J connectivity index is 2.10. The number of amides is 1. The van der Waals surface area contributed by atoms with Crippen molar-refractivity contribution in [1.82, 2.24) is 5.32 Å². The minimum atomic E-state index is -0.0605. The van der Waals surface area contributed by atoms with E-state index in [1.807, 2.05) is 48.5 Å². The zero-order chi connectivity index (χ0) is 15.9. The Labute approximate surface area is 136 Å². The number of rotatable bonds is 6. The summed E-state index contributed by atoms with van der Waals surface area (Å²) in [7, 11) is 1.63. The average molecular weight is 315 g/mol. The Bertz CT molecular complexity index is 640. The molecule has 0 saturated carbocycles. The molecule has 0 radical (unpaired) electrons. The summed E-state index contributed by atoms with van der Waals surface area (Å²) in [5.41, 5.74) is 1.68. The standard InChI is InChI=1S/C18H21NO2S/c1-13(2)22-17-11-7-5-9-15(17)18(20)19-12-14-8-4-6-10-16(14)21-3/h4-11,13H,12H2,1-3H3,(H,19,20). The van der Waals surface area contributed by atoms with Gasteiger partial charge in [0.15, 0.2) is 0 Å². The molecule has 0 bridgehead atoms. The lowest BCUT2D eigenvalue weighted by Crippen LogP contribution is -2.23. The third kappa shape index (κ3) is 4.28. The molecular weight excluding hydrogens is 294 g/mol. The molecule has 0 spiro atoms. The SMILES string of the molecule is COc1ccccc1CNC(=O)c1ccccc1SC(C)C. The molecule has 2 aromatic carbocycles. The van der Waals surface area contributed by atoms with Crippen LogP contribution in [0.25, 0.3) is 0 Å². The number of thioether (sulfide) groups is 1. The quantitative estimate of drug-likeness (QED) is 0.815. The molecule has 4 heteroatoms. The van der Waals surface area contributed by atoms with Crippen molar-refractivity contribution in [2.75, 3.05) is 7.11 Å². The first kappa shape index (κ1) is 16.4. The minimum Gasteiger partial charge on any atom is -0.496 e. The number of methoxy groups -OCH3 is 1. The molecule has 1 N–H and O–H groups in total. The fourth-order valence-corrected chi connectivity index (χ4v) is 3.08. The van der Waals surface area contributed by atoms with Crippen molar-refractivity contribution in [3.05, 3.63) is 59.7 Å². The van der Waals surface area contributed by atoms with Gasteiger partial charge in [0.1, 0.15) is 5.75 Å². The lowest BCUT2D eigenvalue weighted by molar-refractivity contribution is 0.0948. The Hall–Kier alpha value is -1.94. The fourth-order valence-electron chi connectivity index (χ4n) is 2.13. The largest absolute Gasteiger partial charge is 0.496 e. The van der Waals surface area contributed by atoms with Crippen LogP contribution in [0.1, 0.15) is 29.8 Å². The van der Waals surface area contributed by atoms with Gasteiger partial charge in [-0.1, -0.05) is 44.2 Å². The molecule has 0 atom stereocenters. The maximum Gasteiger partial charge on any atom is 0.252 e. The number of ether oxygens (including phenoxy) is 1. The predicted molar refractivity (Wildman–Crippen MR) is 91.6 cm³/mol. The molecule has 2 rings (SSSR count). The third-order valence-electron chi connectivity index (χ3n) is 3.13. The van der Waals surface area contributed by atoms with Gasteiger partial charge in [-0.05, 0) is 18.2 Å². The molecule has 0 aliphatic rings. The summed E-state index contributed by atoms with van der Waals surface area (Å²) >= 11 is 1.70. The van der Waals surface area contributed by atoms with Crippen molar-refractivity contribution < 1.29 is 9.53 Å². The van der Waals surface area contributed by atoms with Crippen LogP contribution in [0.15, 0.2) is 53.4 Å².